The predicted molar refractivity (Wildman–Crippen MR) is 80.2 cm³/mol. The SMILES string of the molecule is Cc1nc[nH]c1/C=C1\C(=O)Nc2ccc(F)c(C#CCO)c21. The van der Waals surface area contributed by atoms with Crippen LogP contribution < -0.4 is 5.32 Å². The summed E-state index contributed by atoms with van der Waals surface area (Å²) in [6.45, 7) is 1.41. The minimum Gasteiger partial charge on any atom is -0.384 e. The van der Waals surface area contributed by atoms with Crippen LogP contribution in [0.2, 0.25) is 0 Å². The van der Waals surface area contributed by atoms with Gasteiger partial charge >= 0.3 is 0 Å². The smallest absolute Gasteiger partial charge is 0.256 e. The van der Waals surface area contributed by atoms with Crippen LogP contribution in [0.1, 0.15) is 22.5 Å². The summed E-state index contributed by atoms with van der Waals surface area (Å²) in [7, 11) is 0. The van der Waals surface area contributed by atoms with Crippen molar-refractivity contribution < 1.29 is 14.3 Å². The van der Waals surface area contributed by atoms with Crippen LogP contribution in [0.4, 0.5) is 10.1 Å². The lowest BCUT2D eigenvalue weighted by atomic mass is 9.99. The predicted octanol–water partition coefficient (Wildman–Crippen LogP) is 1.69. The molecule has 0 saturated carbocycles. The molecule has 3 rings (SSSR count). The van der Waals surface area contributed by atoms with Gasteiger partial charge in [0.15, 0.2) is 0 Å². The fourth-order valence-corrected chi connectivity index (χ4v) is 2.32. The van der Waals surface area contributed by atoms with Crippen molar-refractivity contribution in [2.45, 2.75) is 6.92 Å². The van der Waals surface area contributed by atoms with Crippen molar-refractivity contribution in [3.63, 3.8) is 0 Å². The second-order valence-corrected chi connectivity index (χ2v) is 4.72. The summed E-state index contributed by atoms with van der Waals surface area (Å²) < 4.78 is 14.1. The molecule has 0 fully saturated rings. The topological polar surface area (TPSA) is 78.0 Å². The van der Waals surface area contributed by atoms with Gasteiger partial charge in [-0.25, -0.2) is 9.37 Å². The molecule has 0 saturated heterocycles. The number of hydrogen-bond acceptors (Lipinski definition) is 3. The highest BCUT2D eigenvalue weighted by molar-refractivity contribution is 6.35. The van der Waals surface area contributed by atoms with Crippen molar-refractivity contribution in [3.8, 4) is 11.8 Å². The van der Waals surface area contributed by atoms with E-state index in [2.05, 4.69) is 27.1 Å². The van der Waals surface area contributed by atoms with E-state index in [-0.39, 0.29) is 18.1 Å². The Hall–Kier alpha value is -2.91. The van der Waals surface area contributed by atoms with Crippen LogP contribution in [-0.4, -0.2) is 27.6 Å². The van der Waals surface area contributed by atoms with E-state index in [4.69, 9.17) is 5.11 Å². The fourth-order valence-electron chi connectivity index (χ4n) is 2.32. The van der Waals surface area contributed by atoms with E-state index >= 15 is 0 Å². The maximum absolute atomic E-state index is 14.1. The number of aliphatic hydroxyl groups excluding tert-OH is 1. The Kier molecular flexibility index (Phi) is 3.49. The number of fused-ring (bicyclic) bond motifs is 1. The van der Waals surface area contributed by atoms with E-state index in [0.717, 1.165) is 5.69 Å². The number of halogens is 1. The molecule has 1 aliphatic rings. The molecule has 1 amide bonds. The van der Waals surface area contributed by atoms with Gasteiger partial charge in [-0.3, -0.25) is 4.79 Å². The van der Waals surface area contributed by atoms with Crippen molar-refractivity contribution in [2.75, 3.05) is 11.9 Å². The van der Waals surface area contributed by atoms with Gasteiger partial charge in [0.05, 0.1) is 34.5 Å². The van der Waals surface area contributed by atoms with Gasteiger partial charge in [0.2, 0.25) is 0 Å². The van der Waals surface area contributed by atoms with Crippen molar-refractivity contribution in [1.29, 1.82) is 0 Å². The van der Waals surface area contributed by atoms with Crippen LogP contribution in [0.15, 0.2) is 18.5 Å². The summed E-state index contributed by atoms with van der Waals surface area (Å²) in [6, 6.07) is 2.73. The number of nitrogens with one attached hydrogen (secondary N) is 2. The molecule has 5 nitrogen and oxygen atoms in total. The Morgan fingerprint density at radius 2 is 2.27 bits per heavy atom. The van der Waals surface area contributed by atoms with E-state index < -0.39 is 5.82 Å². The number of anilines is 1. The molecule has 1 aromatic heterocycles. The minimum absolute atomic E-state index is 0.0910. The zero-order valence-electron chi connectivity index (χ0n) is 11.7. The van der Waals surface area contributed by atoms with Crippen molar-refractivity contribution >= 4 is 23.2 Å². The molecule has 110 valence electrons. The monoisotopic (exact) mass is 297 g/mol. The van der Waals surface area contributed by atoms with Gasteiger partial charge in [-0.2, -0.15) is 0 Å². The average Bonchev–Trinajstić information content (AvgIpc) is 3.03. The number of H-pyrrole nitrogens is 1. The van der Waals surface area contributed by atoms with Crippen molar-refractivity contribution in [1.82, 2.24) is 9.97 Å². The number of aromatic nitrogens is 2. The molecule has 1 aromatic carbocycles. The van der Waals surface area contributed by atoms with Gasteiger partial charge in [-0.15, -0.1) is 0 Å². The highest BCUT2D eigenvalue weighted by Gasteiger charge is 2.28. The number of aromatic amines is 1. The molecule has 22 heavy (non-hydrogen) atoms. The summed E-state index contributed by atoms with van der Waals surface area (Å²) in [5.74, 6) is 4.12. The molecule has 2 aromatic rings. The normalized spacial score (nSPS) is 14.5. The number of rotatable bonds is 1. The molecule has 0 atom stereocenters. The number of imidazole rings is 1. The second kappa shape index (κ2) is 5.47. The number of amides is 1. The molecular formula is C16H12FN3O2. The van der Waals surface area contributed by atoms with Crippen LogP contribution in [0.25, 0.3) is 11.6 Å². The number of carbonyl (C=O) groups excluding carboxylic acids is 1. The summed E-state index contributed by atoms with van der Waals surface area (Å²) in [6.07, 6.45) is 3.14. The highest BCUT2D eigenvalue weighted by Crippen LogP contribution is 2.36. The zero-order chi connectivity index (χ0) is 15.7. The van der Waals surface area contributed by atoms with Gasteiger partial charge in [-0.1, -0.05) is 11.8 Å². The Balaban J connectivity index is 2.22. The van der Waals surface area contributed by atoms with Crippen LogP contribution in [-0.2, 0) is 4.79 Å². The molecule has 0 bridgehead atoms. The first-order chi connectivity index (χ1) is 10.6. The number of aliphatic hydroxyl groups is 1. The average molecular weight is 297 g/mol. The molecule has 0 spiro atoms. The highest BCUT2D eigenvalue weighted by atomic mass is 19.1. The van der Waals surface area contributed by atoms with Gasteiger partial charge < -0.3 is 15.4 Å². The number of hydrogen-bond donors (Lipinski definition) is 3. The van der Waals surface area contributed by atoms with Gasteiger partial charge in [0.1, 0.15) is 12.4 Å². The number of benzene rings is 1. The number of nitrogens with zero attached hydrogens (tertiary/aromatic N) is 1. The summed E-state index contributed by atoms with van der Waals surface area (Å²) in [4.78, 5) is 19.2. The molecule has 1 aliphatic heterocycles. The van der Waals surface area contributed by atoms with E-state index in [0.29, 0.717) is 22.5 Å². The first-order valence-corrected chi connectivity index (χ1v) is 6.57. The van der Waals surface area contributed by atoms with Gasteiger partial charge in [0, 0.05) is 5.56 Å². The Morgan fingerprint density at radius 1 is 1.45 bits per heavy atom. The quantitative estimate of drug-likeness (QED) is 0.554. The Morgan fingerprint density at radius 3 is 2.95 bits per heavy atom. The van der Waals surface area contributed by atoms with E-state index in [1.165, 1.54) is 18.5 Å². The molecule has 0 aliphatic carbocycles. The third-order valence-electron chi connectivity index (χ3n) is 3.37. The van der Waals surface area contributed by atoms with E-state index in [1.807, 2.05) is 0 Å². The molecular weight excluding hydrogens is 285 g/mol. The first-order valence-electron chi connectivity index (χ1n) is 6.57. The maximum Gasteiger partial charge on any atom is 0.256 e. The third kappa shape index (κ3) is 2.28. The van der Waals surface area contributed by atoms with Gasteiger partial charge in [-0.05, 0) is 25.1 Å². The van der Waals surface area contributed by atoms with Gasteiger partial charge in [0.25, 0.3) is 5.91 Å². The Labute approximate surface area is 125 Å². The maximum atomic E-state index is 14.1. The lowest BCUT2D eigenvalue weighted by molar-refractivity contribution is -0.110. The molecule has 3 N–H and O–H groups in total. The zero-order valence-corrected chi connectivity index (χ0v) is 11.7. The fraction of sp³-hybridized carbons (Fsp3) is 0.125. The standard InChI is InChI=1S/C16H12FN3O2/c1-9-14(19-8-18-9)7-11-15-10(3-2-6-21)12(17)4-5-13(15)20-16(11)22/h4-5,7-8,21H,6H2,1H3,(H,18,19)(H,20,22)/b11-7-. The van der Waals surface area contributed by atoms with Crippen molar-refractivity contribution in [3.05, 3.63) is 46.8 Å². The van der Waals surface area contributed by atoms with Crippen molar-refractivity contribution in [2.24, 2.45) is 0 Å². The molecule has 2 heterocycles. The van der Waals surface area contributed by atoms with Crippen LogP contribution in [0.5, 0.6) is 0 Å². The lowest BCUT2D eigenvalue weighted by Crippen LogP contribution is -2.03. The summed E-state index contributed by atoms with van der Waals surface area (Å²) >= 11 is 0. The van der Waals surface area contributed by atoms with Crippen LogP contribution in [0.3, 0.4) is 0 Å². The number of aryl methyl sites for hydroxylation is 1. The van der Waals surface area contributed by atoms with Crippen LogP contribution >= 0.6 is 0 Å². The second-order valence-electron chi connectivity index (χ2n) is 4.72. The molecule has 6 heteroatoms. The molecule has 0 radical (unpaired) electrons. The van der Waals surface area contributed by atoms with Crippen LogP contribution in [0, 0.1) is 24.6 Å². The van der Waals surface area contributed by atoms with E-state index in [9.17, 15) is 9.18 Å². The first kappa shape index (κ1) is 14.0. The third-order valence-corrected chi connectivity index (χ3v) is 3.37. The Bertz CT molecular complexity index is 856. The summed E-state index contributed by atoms with van der Waals surface area (Å²) in [5.41, 5.74) is 2.70. The lowest BCUT2D eigenvalue weighted by Gasteiger charge is -2.04. The minimum atomic E-state index is -0.538. The van der Waals surface area contributed by atoms with E-state index in [1.54, 1.807) is 13.0 Å². The largest absolute Gasteiger partial charge is 0.384 e. The molecule has 0 unspecified atom stereocenters. The summed E-state index contributed by atoms with van der Waals surface area (Å²) in [5, 5.41) is 11.5. The number of carbonyl (C=O) groups is 1.